The molecule has 1 amide bonds. The quantitative estimate of drug-likeness (QED) is 0.828. The number of carbonyl (C=O) groups excluding carboxylic acids is 1. The molecule has 0 saturated carbocycles. The van der Waals surface area contributed by atoms with Crippen LogP contribution in [0.1, 0.15) is 17.7 Å². The van der Waals surface area contributed by atoms with Crippen molar-refractivity contribution < 1.29 is 9.53 Å². The highest BCUT2D eigenvalue weighted by molar-refractivity contribution is 7.15. The summed E-state index contributed by atoms with van der Waals surface area (Å²) in [5, 5.41) is 1.14. The maximum Gasteiger partial charge on any atom is 0.252 e. The number of rotatable bonds is 4. The van der Waals surface area contributed by atoms with Gasteiger partial charge in [-0.25, -0.2) is 4.98 Å². The van der Waals surface area contributed by atoms with Crippen LogP contribution in [0.15, 0.2) is 6.20 Å². The molecule has 2 aliphatic heterocycles. The molecule has 0 bridgehead atoms. The second-order valence-electron chi connectivity index (χ2n) is 6.13. The third-order valence-electron chi connectivity index (χ3n) is 4.16. The molecule has 2 saturated heterocycles. The summed E-state index contributed by atoms with van der Waals surface area (Å²) in [5.74, 6) is 0.0479. The van der Waals surface area contributed by atoms with Crippen molar-refractivity contribution in [3.05, 3.63) is 11.1 Å². The van der Waals surface area contributed by atoms with Crippen molar-refractivity contribution >= 4 is 22.4 Å². The van der Waals surface area contributed by atoms with Crippen LogP contribution >= 0.6 is 11.3 Å². The fraction of sp³-hybridized carbons (Fsp3) is 0.733. The Kier molecular flexibility index (Phi) is 4.95. The summed E-state index contributed by atoms with van der Waals surface area (Å²) in [6, 6.07) is 0. The van der Waals surface area contributed by atoms with Crippen molar-refractivity contribution in [1.82, 2.24) is 14.8 Å². The number of hydrogen-bond acceptors (Lipinski definition) is 6. The molecule has 0 radical (unpaired) electrons. The molecule has 0 aliphatic carbocycles. The predicted molar refractivity (Wildman–Crippen MR) is 87.3 cm³/mol. The van der Waals surface area contributed by atoms with Gasteiger partial charge in [-0.05, 0) is 12.8 Å². The van der Waals surface area contributed by atoms with Gasteiger partial charge in [0.25, 0.3) is 5.91 Å². The zero-order valence-electron chi connectivity index (χ0n) is 13.3. The summed E-state index contributed by atoms with van der Waals surface area (Å²) in [6.07, 6.45) is 4.19. The standard InChI is InChI=1S/C15H24N4O2S/c1-17(2)14(20)13-11-18(7-8-21-13)10-12-9-16-15(22-12)19-5-3-4-6-19/h9,13H,3-8,10-11H2,1-2H3/t13-/m0/s1. The van der Waals surface area contributed by atoms with Crippen molar-refractivity contribution in [3.8, 4) is 0 Å². The molecule has 122 valence electrons. The Morgan fingerprint density at radius 3 is 2.91 bits per heavy atom. The minimum atomic E-state index is -0.338. The van der Waals surface area contributed by atoms with Gasteiger partial charge in [-0.2, -0.15) is 0 Å². The van der Waals surface area contributed by atoms with Crippen LogP contribution in [0.2, 0.25) is 0 Å². The number of hydrogen-bond donors (Lipinski definition) is 0. The lowest BCUT2D eigenvalue weighted by molar-refractivity contribution is -0.147. The molecule has 2 aliphatic rings. The summed E-state index contributed by atoms with van der Waals surface area (Å²) >= 11 is 1.78. The highest BCUT2D eigenvalue weighted by Crippen LogP contribution is 2.27. The van der Waals surface area contributed by atoms with E-state index in [1.54, 1.807) is 30.3 Å². The van der Waals surface area contributed by atoms with Crippen LogP contribution in [-0.2, 0) is 16.1 Å². The van der Waals surface area contributed by atoms with Gasteiger partial charge >= 0.3 is 0 Å². The van der Waals surface area contributed by atoms with Crippen molar-refractivity contribution in [3.63, 3.8) is 0 Å². The molecule has 0 spiro atoms. The Morgan fingerprint density at radius 2 is 2.18 bits per heavy atom. The van der Waals surface area contributed by atoms with Gasteiger partial charge in [0, 0.05) is 57.9 Å². The van der Waals surface area contributed by atoms with Crippen LogP contribution < -0.4 is 4.90 Å². The van der Waals surface area contributed by atoms with E-state index in [-0.39, 0.29) is 12.0 Å². The lowest BCUT2D eigenvalue weighted by Gasteiger charge is -2.32. The maximum absolute atomic E-state index is 12.0. The van der Waals surface area contributed by atoms with Crippen LogP contribution in [0.3, 0.4) is 0 Å². The number of ether oxygens (including phenoxy) is 1. The molecule has 1 atom stereocenters. The number of anilines is 1. The first-order valence-corrected chi connectivity index (χ1v) is 8.70. The number of likely N-dealkylation sites (N-methyl/N-ethyl adjacent to an activating group) is 1. The van der Waals surface area contributed by atoms with Gasteiger partial charge in [0.05, 0.1) is 6.61 Å². The fourth-order valence-electron chi connectivity index (χ4n) is 2.93. The average molecular weight is 324 g/mol. The van der Waals surface area contributed by atoms with Gasteiger partial charge in [0.1, 0.15) is 6.10 Å². The van der Waals surface area contributed by atoms with Crippen molar-refractivity contribution in [2.45, 2.75) is 25.5 Å². The fourth-order valence-corrected chi connectivity index (χ4v) is 3.93. The van der Waals surface area contributed by atoms with E-state index in [2.05, 4.69) is 14.8 Å². The predicted octanol–water partition coefficient (Wildman–Crippen LogP) is 1.03. The van der Waals surface area contributed by atoms with E-state index in [4.69, 9.17) is 4.74 Å². The summed E-state index contributed by atoms with van der Waals surface area (Å²) < 4.78 is 5.60. The topological polar surface area (TPSA) is 48.9 Å². The number of morpholine rings is 1. The average Bonchev–Trinajstić information content (AvgIpc) is 3.17. The molecule has 0 unspecified atom stereocenters. The van der Waals surface area contributed by atoms with E-state index in [0.717, 1.165) is 31.3 Å². The van der Waals surface area contributed by atoms with E-state index in [1.165, 1.54) is 17.7 Å². The van der Waals surface area contributed by atoms with Crippen LogP contribution in [-0.4, -0.2) is 73.7 Å². The van der Waals surface area contributed by atoms with Gasteiger partial charge in [-0.1, -0.05) is 0 Å². The number of amides is 1. The second-order valence-corrected chi connectivity index (χ2v) is 7.22. The summed E-state index contributed by atoms with van der Waals surface area (Å²) in [5.41, 5.74) is 0. The molecule has 0 aromatic carbocycles. The van der Waals surface area contributed by atoms with Crippen LogP contribution in [0.4, 0.5) is 5.13 Å². The molecule has 1 aromatic heterocycles. The third kappa shape index (κ3) is 3.59. The van der Waals surface area contributed by atoms with Crippen molar-refractivity contribution in [2.75, 3.05) is 51.8 Å². The van der Waals surface area contributed by atoms with E-state index in [0.29, 0.717) is 13.2 Å². The smallest absolute Gasteiger partial charge is 0.252 e. The van der Waals surface area contributed by atoms with Gasteiger partial charge in [0.15, 0.2) is 5.13 Å². The molecule has 3 rings (SSSR count). The first-order valence-electron chi connectivity index (χ1n) is 7.88. The lowest BCUT2D eigenvalue weighted by atomic mass is 10.2. The van der Waals surface area contributed by atoms with E-state index in [9.17, 15) is 4.79 Å². The highest BCUT2D eigenvalue weighted by atomic mass is 32.1. The summed E-state index contributed by atoms with van der Waals surface area (Å²) in [7, 11) is 3.55. The third-order valence-corrected chi connectivity index (χ3v) is 5.21. The maximum atomic E-state index is 12.0. The normalized spacial score (nSPS) is 23.0. The van der Waals surface area contributed by atoms with Crippen molar-refractivity contribution in [1.29, 1.82) is 0 Å². The van der Waals surface area contributed by atoms with Gasteiger partial charge in [-0.3, -0.25) is 9.69 Å². The summed E-state index contributed by atoms with van der Waals surface area (Å²) in [4.78, 5) is 24.1. The Labute approximate surface area is 135 Å². The second kappa shape index (κ2) is 6.93. The largest absolute Gasteiger partial charge is 0.366 e. The molecule has 0 N–H and O–H groups in total. The zero-order chi connectivity index (χ0) is 15.5. The van der Waals surface area contributed by atoms with Gasteiger partial charge < -0.3 is 14.5 Å². The summed E-state index contributed by atoms with van der Waals surface area (Å²) in [6.45, 7) is 5.25. The first kappa shape index (κ1) is 15.7. The number of aromatic nitrogens is 1. The molecule has 2 fully saturated rings. The van der Waals surface area contributed by atoms with Crippen LogP contribution in [0.25, 0.3) is 0 Å². The van der Waals surface area contributed by atoms with Crippen molar-refractivity contribution in [2.24, 2.45) is 0 Å². The molecule has 3 heterocycles. The molecular formula is C15H24N4O2S. The van der Waals surface area contributed by atoms with Gasteiger partial charge in [-0.15, -0.1) is 11.3 Å². The Morgan fingerprint density at radius 1 is 1.41 bits per heavy atom. The molecule has 22 heavy (non-hydrogen) atoms. The zero-order valence-corrected chi connectivity index (χ0v) is 14.1. The molecular weight excluding hydrogens is 300 g/mol. The molecule has 1 aromatic rings. The monoisotopic (exact) mass is 324 g/mol. The Bertz CT molecular complexity index is 513. The molecule has 7 heteroatoms. The number of carbonyl (C=O) groups is 1. The van der Waals surface area contributed by atoms with Gasteiger partial charge in [0.2, 0.25) is 0 Å². The molecule has 6 nitrogen and oxygen atoms in total. The Balaban J connectivity index is 1.57. The SMILES string of the molecule is CN(C)C(=O)[C@@H]1CN(Cc2cnc(N3CCCC3)s2)CCO1. The van der Waals surface area contributed by atoms with Crippen LogP contribution in [0.5, 0.6) is 0 Å². The van der Waals surface area contributed by atoms with Crippen LogP contribution in [0, 0.1) is 0 Å². The van der Waals surface area contributed by atoms with E-state index in [1.807, 2.05) is 6.20 Å². The minimum absolute atomic E-state index is 0.0479. The number of thiazole rings is 1. The Hall–Kier alpha value is -1.18. The first-order chi connectivity index (χ1) is 10.6. The van der Waals surface area contributed by atoms with E-state index >= 15 is 0 Å². The lowest BCUT2D eigenvalue weighted by Crippen LogP contribution is -2.49. The number of nitrogens with zero attached hydrogens (tertiary/aromatic N) is 4. The minimum Gasteiger partial charge on any atom is -0.366 e. The highest BCUT2D eigenvalue weighted by Gasteiger charge is 2.28. The van der Waals surface area contributed by atoms with E-state index < -0.39 is 0 Å².